The van der Waals surface area contributed by atoms with Crippen LogP contribution in [0, 0.1) is 16.7 Å². The highest BCUT2D eigenvalue weighted by Crippen LogP contribution is 2.47. The molecule has 0 aliphatic heterocycles. The van der Waals surface area contributed by atoms with E-state index in [1.54, 1.807) is 0 Å². The molecule has 2 rings (SSSR count). The molecule has 0 unspecified atom stereocenters. The van der Waals surface area contributed by atoms with Gasteiger partial charge in [0.2, 0.25) is 0 Å². The number of aliphatic hydroxyl groups excluding tert-OH is 1. The largest absolute Gasteiger partial charge is 0.396 e. The van der Waals surface area contributed by atoms with Gasteiger partial charge in [-0.1, -0.05) is 44.0 Å². The summed E-state index contributed by atoms with van der Waals surface area (Å²) in [7, 11) is 0. The van der Waals surface area contributed by atoms with E-state index in [1.165, 1.54) is 12.8 Å². The molecule has 0 spiro atoms. The first-order chi connectivity index (χ1) is 9.76. The highest BCUT2D eigenvalue weighted by Gasteiger charge is 2.38. The maximum atomic E-state index is 9.98. The zero-order valence-corrected chi connectivity index (χ0v) is 14.8. The lowest BCUT2D eigenvalue weighted by atomic mass is 9.62. The van der Waals surface area contributed by atoms with Crippen molar-refractivity contribution in [3.63, 3.8) is 0 Å². The second kappa shape index (κ2) is 6.48. The summed E-state index contributed by atoms with van der Waals surface area (Å²) in [4.78, 5) is 0. The number of hydrogen-bond donors (Lipinski definition) is 1. The van der Waals surface area contributed by atoms with Gasteiger partial charge in [0.15, 0.2) is 0 Å². The molecule has 1 nitrogen and oxygen atoms in total. The van der Waals surface area contributed by atoms with E-state index in [-0.39, 0.29) is 12.0 Å². The monoisotopic (exact) mass is 328 g/mol. The lowest BCUT2D eigenvalue weighted by Gasteiger charge is -2.43. The minimum atomic E-state index is -0.0317. The van der Waals surface area contributed by atoms with Gasteiger partial charge in [-0.05, 0) is 72.6 Å². The highest BCUT2D eigenvalue weighted by molar-refractivity contribution is 6.33. The van der Waals surface area contributed by atoms with E-state index in [2.05, 4.69) is 20.8 Å². The van der Waals surface area contributed by atoms with Crippen LogP contribution >= 0.6 is 23.2 Å². The number of halogens is 2. The van der Waals surface area contributed by atoms with Crippen LogP contribution in [0.25, 0.3) is 0 Å². The van der Waals surface area contributed by atoms with E-state index in [1.807, 2.05) is 18.2 Å². The summed E-state index contributed by atoms with van der Waals surface area (Å²) in [5.74, 6) is 0.743. The Kier molecular flexibility index (Phi) is 5.28. The summed E-state index contributed by atoms with van der Waals surface area (Å²) in [6.45, 7) is 7.18. The minimum absolute atomic E-state index is 0.0317. The molecule has 1 fully saturated rings. The summed E-state index contributed by atoms with van der Waals surface area (Å²) in [5.41, 5.74) is 1.39. The van der Waals surface area contributed by atoms with Crippen molar-refractivity contribution in [1.29, 1.82) is 0 Å². The second-order valence-corrected chi connectivity index (χ2v) is 8.55. The third kappa shape index (κ3) is 4.15. The van der Waals surface area contributed by atoms with Crippen LogP contribution in [0.2, 0.25) is 10.0 Å². The molecule has 0 bridgehead atoms. The van der Waals surface area contributed by atoms with Crippen molar-refractivity contribution in [3.05, 3.63) is 33.8 Å². The molecule has 1 saturated carbocycles. The van der Waals surface area contributed by atoms with Gasteiger partial charge in [0.1, 0.15) is 0 Å². The van der Waals surface area contributed by atoms with Crippen molar-refractivity contribution >= 4 is 23.2 Å². The fourth-order valence-corrected chi connectivity index (χ4v) is 3.95. The zero-order valence-electron chi connectivity index (χ0n) is 13.3. The normalized spacial score (nSPS) is 26.9. The molecule has 0 amide bonds. The van der Waals surface area contributed by atoms with E-state index in [9.17, 15) is 5.11 Å². The molecule has 0 atom stereocenters. The van der Waals surface area contributed by atoms with E-state index in [0.29, 0.717) is 10.4 Å². The van der Waals surface area contributed by atoms with Crippen molar-refractivity contribution in [3.8, 4) is 0 Å². The molecule has 3 heteroatoms. The van der Waals surface area contributed by atoms with Gasteiger partial charge in [-0.15, -0.1) is 0 Å². The van der Waals surface area contributed by atoms with Crippen LogP contribution in [0.15, 0.2) is 18.2 Å². The first-order valence-electron chi connectivity index (χ1n) is 7.81. The van der Waals surface area contributed by atoms with Gasteiger partial charge in [0.25, 0.3) is 0 Å². The van der Waals surface area contributed by atoms with Gasteiger partial charge in [-0.25, -0.2) is 0 Å². The lowest BCUT2D eigenvalue weighted by molar-refractivity contribution is 0.0369. The molecule has 0 saturated heterocycles. The summed E-state index contributed by atoms with van der Waals surface area (Å²) in [6, 6.07) is 5.61. The number of hydrogen-bond acceptors (Lipinski definition) is 1. The van der Waals surface area contributed by atoms with Crippen LogP contribution in [0.4, 0.5) is 0 Å². The van der Waals surface area contributed by atoms with E-state index < -0.39 is 0 Å². The second-order valence-electron chi connectivity index (χ2n) is 7.71. The zero-order chi connectivity index (χ0) is 15.7. The Bertz CT molecular complexity index is 482. The number of aliphatic hydroxyl groups is 1. The quantitative estimate of drug-likeness (QED) is 0.748. The topological polar surface area (TPSA) is 20.2 Å². The molecule has 21 heavy (non-hydrogen) atoms. The van der Waals surface area contributed by atoms with Gasteiger partial charge < -0.3 is 5.11 Å². The van der Waals surface area contributed by atoms with Crippen LogP contribution in [0.1, 0.15) is 52.0 Å². The van der Waals surface area contributed by atoms with Crippen LogP contribution < -0.4 is 0 Å². The Hall–Kier alpha value is -0.240. The lowest BCUT2D eigenvalue weighted by Crippen LogP contribution is -2.36. The fraction of sp³-hybridized carbons (Fsp3) is 0.667. The van der Waals surface area contributed by atoms with Crippen molar-refractivity contribution < 1.29 is 5.11 Å². The summed E-state index contributed by atoms with van der Waals surface area (Å²) in [6.07, 6.45) is 5.31. The summed E-state index contributed by atoms with van der Waals surface area (Å²) >= 11 is 12.4. The minimum Gasteiger partial charge on any atom is -0.396 e. The molecule has 0 radical (unpaired) electrons. The van der Waals surface area contributed by atoms with Gasteiger partial charge >= 0.3 is 0 Å². The molecule has 1 aromatic rings. The first-order valence-corrected chi connectivity index (χ1v) is 8.56. The fourth-order valence-electron chi connectivity index (χ4n) is 3.57. The van der Waals surface area contributed by atoms with Crippen LogP contribution in [-0.2, 0) is 6.42 Å². The van der Waals surface area contributed by atoms with Gasteiger partial charge in [0, 0.05) is 16.7 Å². The van der Waals surface area contributed by atoms with E-state index in [4.69, 9.17) is 23.2 Å². The van der Waals surface area contributed by atoms with Crippen molar-refractivity contribution in [2.24, 2.45) is 16.7 Å². The van der Waals surface area contributed by atoms with Gasteiger partial charge in [-0.2, -0.15) is 0 Å². The average molecular weight is 329 g/mol. The Balaban J connectivity index is 2.12. The predicted molar refractivity (Wildman–Crippen MR) is 91.1 cm³/mol. The highest BCUT2D eigenvalue weighted by atomic mass is 35.5. The maximum Gasteiger partial charge on any atom is 0.0490 e. The summed E-state index contributed by atoms with van der Waals surface area (Å²) in [5, 5.41) is 11.4. The summed E-state index contributed by atoms with van der Waals surface area (Å²) < 4.78 is 0. The molecular weight excluding hydrogens is 303 g/mol. The standard InChI is InChI=1S/C18H26Cl2O/c1-17(2,3)14-6-8-18(12-21,9-7-14)11-13-10-15(19)4-5-16(13)20/h4-5,10,14,21H,6-9,11-12H2,1-3H3. The average Bonchev–Trinajstić information content (AvgIpc) is 2.42. The van der Waals surface area contributed by atoms with Crippen molar-refractivity contribution in [2.45, 2.75) is 52.9 Å². The molecule has 1 aliphatic carbocycles. The molecular formula is C18H26Cl2O. The van der Waals surface area contributed by atoms with E-state index in [0.717, 1.165) is 35.8 Å². The number of rotatable bonds is 3. The maximum absolute atomic E-state index is 9.98. The third-order valence-corrected chi connectivity index (χ3v) is 5.78. The van der Waals surface area contributed by atoms with E-state index >= 15 is 0 Å². The third-order valence-electron chi connectivity index (χ3n) is 5.18. The van der Waals surface area contributed by atoms with Crippen molar-refractivity contribution in [1.82, 2.24) is 0 Å². The molecule has 118 valence electrons. The molecule has 0 heterocycles. The van der Waals surface area contributed by atoms with Gasteiger partial charge in [-0.3, -0.25) is 0 Å². The Morgan fingerprint density at radius 1 is 1.19 bits per heavy atom. The molecule has 0 aromatic heterocycles. The Labute approximate surface area is 138 Å². The first kappa shape index (κ1) is 17.1. The smallest absolute Gasteiger partial charge is 0.0490 e. The van der Waals surface area contributed by atoms with Gasteiger partial charge in [0.05, 0.1) is 0 Å². The van der Waals surface area contributed by atoms with Crippen LogP contribution in [0.5, 0.6) is 0 Å². The Morgan fingerprint density at radius 3 is 2.33 bits per heavy atom. The van der Waals surface area contributed by atoms with Crippen LogP contribution in [-0.4, -0.2) is 11.7 Å². The van der Waals surface area contributed by atoms with Crippen LogP contribution in [0.3, 0.4) is 0 Å². The van der Waals surface area contributed by atoms with Crippen molar-refractivity contribution in [2.75, 3.05) is 6.61 Å². The molecule has 1 aliphatic rings. The predicted octanol–water partition coefficient (Wildman–Crippen LogP) is 5.75. The SMILES string of the molecule is CC(C)(C)C1CCC(CO)(Cc2cc(Cl)ccc2Cl)CC1. The molecule has 1 N–H and O–H groups in total. The Morgan fingerprint density at radius 2 is 1.81 bits per heavy atom. The number of benzene rings is 1. The molecule has 1 aromatic carbocycles.